The number of hydrogen-bond donors (Lipinski definition) is 0. The normalized spacial score (nSPS) is 15.3. The second-order valence-corrected chi connectivity index (χ2v) is 8.12. The molecule has 1 fully saturated rings. The Balaban J connectivity index is 1.63. The van der Waals surface area contributed by atoms with E-state index < -0.39 is 12.7 Å². The molecular formula is C23H21F3N4O3. The van der Waals surface area contributed by atoms with Crippen molar-refractivity contribution in [1.29, 1.82) is 0 Å². The molecule has 0 atom stereocenters. The number of carbonyl (C=O) groups is 1. The number of rotatable bonds is 3. The van der Waals surface area contributed by atoms with Crippen LogP contribution >= 0.6 is 0 Å². The number of fused-ring (bicyclic) bond motifs is 2. The van der Waals surface area contributed by atoms with Crippen molar-refractivity contribution < 1.29 is 27.1 Å². The van der Waals surface area contributed by atoms with Crippen LogP contribution in [-0.2, 0) is 11.3 Å². The van der Waals surface area contributed by atoms with E-state index in [1.54, 1.807) is 4.90 Å². The summed E-state index contributed by atoms with van der Waals surface area (Å²) < 4.78 is 51.9. The Morgan fingerprint density at radius 2 is 2.00 bits per heavy atom. The summed E-state index contributed by atoms with van der Waals surface area (Å²) in [6, 6.07) is 6.99. The number of alkyl halides is 3. The number of furan rings is 1. The average Bonchev–Trinajstić information content (AvgIpc) is 3.20. The number of nitrogens with zero attached hydrogens (tertiary/aromatic N) is 4. The van der Waals surface area contributed by atoms with E-state index in [9.17, 15) is 18.0 Å². The number of hydrogen-bond acceptors (Lipinski definition) is 5. The number of carbonyl (C=O) groups excluding carboxylic acids is 1. The van der Waals surface area contributed by atoms with Crippen LogP contribution < -0.4 is 0 Å². The Labute approximate surface area is 186 Å². The molecule has 3 aromatic heterocycles. The molecule has 0 radical (unpaired) electrons. The number of halogens is 3. The molecule has 0 N–H and O–H groups in total. The monoisotopic (exact) mass is 458 g/mol. The molecule has 1 amide bonds. The molecular weight excluding hydrogens is 437 g/mol. The number of aryl methyl sites for hydroxylation is 1. The fourth-order valence-corrected chi connectivity index (χ4v) is 4.11. The molecule has 1 saturated heterocycles. The number of amides is 1. The van der Waals surface area contributed by atoms with E-state index in [2.05, 4.69) is 10.1 Å². The van der Waals surface area contributed by atoms with Gasteiger partial charge in [-0.2, -0.15) is 18.3 Å². The van der Waals surface area contributed by atoms with E-state index in [-0.39, 0.29) is 17.1 Å². The number of benzene rings is 1. The van der Waals surface area contributed by atoms with Gasteiger partial charge in [0.25, 0.3) is 5.91 Å². The molecule has 172 valence electrons. The van der Waals surface area contributed by atoms with E-state index in [4.69, 9.17) is 9.15 Å². The van der Waals surface area contributed by atoms with E-state index in [0.29, 0.717) is 55.0 Å². The highest BCUT2D eigenvalue weighted by Crippen LogP contribution is 2.36. The van der Waals surface area contributed by atoms with E-state index in [1.165, 1.54) is 18.5 Å². The van der Waals surface area contributed by atoms with Gasteiger partial charge in [-0.15, -0.1) is 0 Å². The van der Waals surface area contributed by atoms with Crippen LogP contribution in [0.15, 0.2) is 41.1 Å². The zero-order valence-electron chi connectivity index (χ0n) is 17.9. The van der Waals surface area contributed by atoms with Gasteiger partial charge in [0.1, 0.15) is 29.8 Å². The molecule has 0 spiro atoms. The van der Waals surface area contributed by atoms with Gasteiger partial charge in [0, 0.05) is 42.2 Å². The van der Waals surface area contributed by atoms with Crippen LogP contribution in [0.4, 0.5) is 13.2 Å². The van der Waals surface area contributed by atoms with Gasteiger partial charge >= 0.3 is 6.18 Å². The second kappa shape index (κ2) is 8.18. The van der Waals surface area contributed by atoms with Gasteiger partial charge in [-0.25, -0.2) is 0 Å². The first-order valence-electron chi connectivity index (χ1n) is 10.6. The molecule has 4 heterocycles. The highest BCUT2D eigenvalue weighted by molar-refractivity contribution is 6.04. The number of aromatic nitrogens is 3. The summed E-state index contributed by atoms with van der Waals surface area (Å²) in [5.74, 6) is -0.340. The third-order valence-corrected chi connectivity index (χ3v) is 5.68. The van der Waals surface area contributed by atoms with Gasteiger partial charge in [0.2, 0.25) is 0 Å². The van der Waals surface area contributed by atoms with Gasteiger partial charge in [-0.1, -0.05) is 11.6 Å². The third kappa shape index (κ3) is 4.18. The van der Waals surface area contributed by atoms with Gasteiger partial charge in [0.05, 0.1) is 12.1 Å². The van der Waals surface area contributed by atoms with Crippen molar-refractivity contribution in [2.24, 2.45) is 0 Å². The first-order chi connectivity index (χ1) is 15.8. The highest BCUT2D eigenvalue weighted by atomic mass is 19.4. The number of ether oxygens (including phenoxy) is 1. The molecule has 33 heavy (non-hydrogen) atoms. The van der Waals surface area contributed by atoms with Crippen molar-refractivity contribution in [1.82, 2.24) is 19.7 Å². The van der Waals surface area contributed by atoms with Crippen molar-refractivity contribution in [3.05, 3.63) is 48.0 Å². The summed E-state index contributed by atoms with van der Waals surface area (Å²) in [6.07, 6.45) is -0.890. The topological polar surface area (TPSA) is 73.4 Å². The summed E-state index contributed by atoms with van der Waals surface area (Å²) in [6.45, 7) is 2.53. The Kier molecular flexibility index (Phi) is 5.32. The van der Waals surface area contributed by atoms with Gasteiger partial charge in [-0.3, -0.25) is 14.5 Å². The smallest absolute Gasteiger partial charge is 0.408 e. The molecule has 1 aromatic carbocycles. The van der Waals surface area contributed by atoms with Gasteiger partial charge in [0.15, 0.2) is 0 Å². The first kappa shape index (κ1) is 21.4. The molecule has 10 heteroatoms. The summed E-state index contributed by atoms with van der Waals surface area (Å²) in [4.78, 5) is 18.9. The van der Waals surface area contributed by atoms with E-state index in [1.807, 2.05) is 25.1 Å². The van der Waals surface area contributed by atoms with E-state index >= 15 is 0 Å². The SMILES string of the molecule is Cc1ccc2occ(-c3nn(CC(F)(F)F)c4cc(C(=O)N5CCCOCC5)ncc34)c2c1. The zero-order valence-corrected chi connectivity index (χ0v) is 17.9. The summed E-state index contributed by atoms with van der Waals surface area (Å²) in [5.41, 5.74) is 2.76. The first-order valence-corrected chi connectivity index (χ1v) is 10.6. The summed E-state index contributed by atoms with van der Waals surface area (Å²) in [5, 5.41) is 5.44. The molecule has 1 aliphatic heterocycles. The fraction of sp³-hybridized carbons (Fsp3) is 0.348. The minimum absolute atomic E-state index is 0.0761. The van der Waals surface area contributed by atoms with Crippen molar-refractivity contribution in [2.75, 3.05) is 26.3 Å². The van der Waals surface area contributed by atoms with Crippen molar-refractivity contribution in [3.8, 4) is 11.3 Å². The van der Waals surface area contributed by atoms with Gasteiger partial charge < -0.3 is 14.1 Å². The minimum Gasteiger partial charge on any atom is -0.464 e. The molecule has 4 aromatic rings. The van der Waals surface area contributed by atoms with Crippen LogP contribution in [0.2, 0.25) is 0 Å². The van der Waals surface area contributed by atoms with Crippen LogP contribution in [0.3, 0.4) is 0 Å². The molecule has 0 bridgehead atoms. The second-order valence-electron chi connectivity index (χ2n) is 8.12. The lowest BCUT2D eigenvalue weighted by Crippen LogP contribution is -2.33. The Hall–Kier alpha value is -3.40. The molecule has 5 rings (SSSR count). The highest BCUT2D eigenvalue weighted by Gasteiger charge is 2.31. The fourth-order valence-electron chi connectivity index (χ4n) is 4.11. The molecule has 1 aliphatic rings. The third-order valence-electron chi connectivity index (χ3n) is 5.68. The number of pyridine rings is 1. The zero-order chi connectivity index (χ0) is 23.2. The van der Waals surface area contributed by atoms with Crippen molar-refractivity contribution in [3.63, 3.8) is 0 Å². The molecule has 0 aliphatic carbocycles. The predicted molar refractivity (Wildman–Crippen MR) is 115 cm³/mol. The maximum Gasteiger partial charge on any atom is 0.408 e. The van der Waals surface area contributed by atoms with Crippen LogP contribution in [0.25, 0.3) is 33.1 Å². The quantitative estimate of drug-likeness (QED) is 0.450. The predicted octanol–water partition coefficient (Wildman–Crippen LogP) is 4.58. The lowest BCUT2D eigenvalue weighted by Gasteiger charge is -2.19. The average molecular weight is 458 g/mol. The maximum atomic E-state index is 13.3. The Morgan fingerprint density at radius 3 is 2.82 bits per heavy atom. The largest absolute Gasteiger partial charge is 0.464 e. The lowest BCUT2D eigenvalue weighted by molar-refractivity contribution is -0.141. The van der Waals surface area contributed by atoms with Crippen LogP contribution in [-0.4, -0.2) is 58.1 Å². The van der Waals surface area contributed by atoms with Crippen LogP contribution in [0.5, 0.6) is 0 Å². The molecule has 7 nitrogen and oxygen atoms in total. The maximum absolute atomic E-state index is 13.3. The van der Waals surface area contributed by atoms with Crippen LogP contribution in [0, 0.1) is 6.92 Å². The van der Waals surface area contributed by atoms with Crippen molar-refractivity contribution in [2.45, 2.75) is 26.1 Å². The standard InChI is InChI=1S/C23H21F3N4O3/c1-14-3-4-20-15(9-14)17(12-33-20)21-16-11-27-18(22(31)29-5-2-7-32-8-6-29)10-19(16)30(28-21)13-23(24,25)26/h3-4,9-12H,2,5-8,13H2,1H3. The van der Waals surface area contributed by atoms with E-state index in [0.717, 1.165) is 15.6 Å². The minimum atomic E-state index is -4.49. The van der Waals surface area contributed by atoms with Gasteiger partial charge in [-0.05, 0) is 31.5 Å². The summed E-state index contributed by atoms with van der Waals surface area (Å²) >= 11 is 0. The van der Waals surface area contributed by atoms with Crippen LogP contribution in [0.1, 0.15) is 22.5 Å². The lowest BCUT2D eigenvalue weighted by atomic mass is 10.1. The van der Waals surface area contributed by atoms with Crippen molar-refractivity contribution >= 4 is 27.8 Å². The Bertz CT molecular complexity index is 1330. The molecule has 0 unspecified atom stereocenters. The summed E-state index contributed by atoms with van der Waals surface area (Å²) in [7, 11) is 0. The Morgan fingerprint density at radius 1 is 1.15 bits per heavy atom. The molecule has 0 saturated carbocycles.